The fourth-order valence-electron chi connectivity index (χ4n) is 4.81. The van der Waals surface area contributed by atoms with Gasteiger partial charge in [-0.1, -0.05) is 40.5 Å². The first-order valence-corrected chi connectivity index (χ1v) is 8.80. The van der Waals surface area contributed by atoms with E-state index in [1.807, 2.05) is 0 Å². The summed E-state index contributed by atoms with van der Waals surface area (Å²) in [7, 11) is 0. The average Bonchev–Trinajstić information content (AvgIpc) is 2.37. The molecule has 0 amide bonds. The Morgan fingerprint density at radius 2 is 1.16 bits per heavy atom. The van der Waals surface area contributed by atoms with Crippen LogP contribution >= 0.6 is 0 Å². The van der Waals surface area contributed by atoms with E-state index in [4.69, 9.17) is 0 Å². The zero-order valence-corrected chi connectivity index (χ0v) is 13.6. The van der Waals surface area contributed by atoms with Crippen LogP contribution in [0.5, 0.6) is 0 Å². The van der Waals surface area contributed by atoms with Crippen LogP contribution in [0.25, 0.3) is 0 Å². The molecule has 2 fully saturated rings. The Morgan fingerprint density at radius 3 is 1.53 bits per heavy atom. The molecule has 0 nitrogen and oxygen atoms in total. The van der Waals surface area contributed by atoms with Crippen molar-refractivity contribution in [1.82, 2.24) is 0 Å². The zero-order valence-electron chi connectivity index (χ0n) is 13.6. The van der Waals surface area contributed by atoms with Crippen LogP contribution in [0.4, 0.5) is 0 Å². The first kappa shape index (κ1) is 15.4. The maximum absolute atomic E-state index is 2.63. The van der Waals surface area contributed by atoms with E-state index in [9.17, 15) is 0 Å². The van der Waals surface area contributed by atoms with Crippen molar-refractivity contribution in [1.29, 1.82) is 0 Å². The molecule has 0 heteroatoms. The number of hydrogen-bond donors (Lipinski definition) is 0. The third kappa shape index (κ3) is 4.50. The summed E-state index contributed by atoms with van der Waals surface area (Å²) in [6, 6.07) is 0. The van der Waals surface area contributed by atoms with Gasteiger partial charge < -0.3 is 0 Å². The van der Waals surface area contributed by atoms with Crippen molar-refractivity contribution in [2.24, 2.45) is 35.5 Å². The van der Waals surface area contributed by atoms with Crippen LogP contribution in [0, 0.1) is 48.3 Å². The molecule has 2 aliphatic carbocycles. The van der Waals surface area contributed by atoms with E-state index in [0.717, 1.165) is 35.5 Å². The smallest absolute Gasteiger partial charge is 0.0326 e. The summed E-state index contributed by atoms with van der Waals surface area (Å²) in [5.74, 6) is 5.55. The normalized spacial score (nSPS) is 44.2. The predicted molar refractivity (Wildman–Crippen MR) is 84.6 cm³/mol. The summed E-state index contributed by atoms with van der Waals surface area (Å²) in [5, 5.41) is 0. The van der Waals surface area contributed by atoms with Gasteiger partial charge in [0, 0.05) is 0 Å². The molecule has 6 atom stereocenters. The summed E-state index contributed by atoms with van der Waals surface area (Å²) in [6.45, 7) is 9.59. The lowest BCUT2D eigenvalue weighted by Crippen LogP contribution is -2.27. The van der Waals surface area contributed by atoms with Crippen molar-refractivity contribution in [3.8, 4) is 0 Å². The molecule has 0 N–H and O–H groups in total. The lowest BCUT2D eigenvalue weighted by atomic mass is 9.67. The van der Waals surface area contributed by atoms with Crippen LogP contribution in [0.2, 0.25) is 0 Å². The Balaban J connectivity index is 1.85. The standard InChI is InChI=1S/C19H34/c1-5-16-7-14(3)9-18(11-16)13-19-10-15(4)8-17(6-2)12-19/h7-8,14-19H,5-6,9-13H2,1-4H3. The van der Waals surface area contributed by atoms with Crippen molar-refractivity contribution in [2.45, 2.75) is 72.6 Å². The molecule has 2 aliphatic rings. The van der Waals surface area contributed by atoms with E-state index in [-0.39, 0.29) is 0 Å². The molecule has 0 heterocycles. The van der Waals surface area contributed by atoms with Gasteiger partial charge in [-0.15, -0.1) is 0 Å². The Labute approximate surface area is 121 Å². The molecule has 0 bridgehead atoms. The molecule has 0 saturated heterocycles. The van der Waals surface area contributed by atoms with E-state index in [0.29, 0.717) is 0 Å². The van der Waals surface area contributed by atoms with Crippen molar-refractivity contribution in [3.05, 3.63) is 12.8 Å². The highest BCUT2D eigenvalue weighted by Crippen LogP contribution is 2.42. The van der Waals surface area contributed by atoms with E-state index in [2.05, 4.69) is 40.5 Å². The summed E-state index contributed by atoms with van der Waals surface area (Å²) in [4.78, 5) is 0. The minimum absolute atomic E-state index is 0.859. The van der Waals surface area contributed by atoms with Gasteiger partial charge in [0.2, 0.25) is 0 Å². The van der Waals surface area contributed by atoms with Crippen LogP contribution < -0.4 is 0 Å². The Kier molecular flexibility index (Phi) is 5.78. The molecule has 2 rings (SSSR count). The minimum atomic E-state index is 0.859. The second-order valence-corrected chi connectivity index (χ2v) is 7.59. The Bertz CT molecular complexity index is 231. The maximum atomic E-state index is 2.63. The summed E-state index contributed by atoms with van der Waals surface area (Å²) in [5.41, 5.74) is 0. The first-order chi connectivity index (χ1) is 9.10. The largest absolute Gasteiger partial charge is 0.0651 e. The summed E-state index contributed by atoms with van der Waals surface area (Å²) >= 11 is 0. The molecular formula is C19H34. The topological polar surface area (TPSA) is 0 Å². The highest BCUT2D eigenvalue weighted by Gasteiger charge is 2.31. The van der Waals surface area contributed by atoms with Gasteiger partial charge in [-0.3, -0.25) is 0 Å². The molecule has 0 aromatic rings. The molecule has 0 aromatic carbocycles. The lowest BCUT2D eigenvalue weighted by molar-refractivity contribution is 0.179. The average molecular weight is 262 g/mol. The third-order valence-electron chi connectivity index (χ3n) is 5.60. The number of hydrogen-bond acceptors (Lipinski definition) is 0. The van der Waals surface area contributed by atoms with Crippen LogP contribution in [0.1, 0.15) is 72.6 Å². The van der Waals surface area contributed by atoms with Crippen molar-refractivity contribution < 1.29 is 0 Å². The summed E-state index contributed by atoms with van der Waals surface area (Å²) < 4.78 is 0. The fourth-order valence-corrected chi connectivity index (χ4v) is 4.81. The van der Waals surface area contributed by atoms with Gasteiger partial charge in [0.15, 0.2) is 0 Å². The first-order valence-electron chi connectivity index (χ1n) is 8.80. The molecule has 6 unspecified atom stereocenters. The molecule has 0 aliphatic heterocycles. The van der Waals surface area contributed by atoms with Gasteiger partial charge in [-0.05, 0) is 80.5 Å². The molecule has 2 radical (unpaired) electrons. The van der Waals surface area contributed by atoms with Crippen molar-refractivity contribution >= 4 is 0 Å². The second kappa shape index (κ2) is 7.14. The predicted octanol–water partition coefficient (Wildman–Crippen LogP) is 5.93. The highest BCUT2D eigenvalue weighted by atomic mass is 14.4. The highest BCUT2D eigenvalue weighted by molar-refractivity contribution is 4.93. The maximum Gasteiger partial charge on any atom is -0.0326 e. The quantitative estimate of drug-likeness (QED) is 0.589. The van der Waals surface area contributed by atoms with E-state index < -0.39 is 0 Å². The van der Waals surface area contributed by atoms with E-state index in [1.165, 1.54) is 44.9 Å². The monoisotopic (exact) mass is 262 g/mol. The zero-order chi connectivity index (χ0) is 13.8. The third-order valence-corrected chi connectivity index (χ3v) is 5.60. The van der Waals surface area contributed by atoms with Crippen LogP contribution in [0.15, 0.2) is 0 Å². The van der Waals surface area contributed by atoms with Gasteiger partial charge in [-0.25, -0.2) is 0 Å². The molecule has 110 valence electrons. The minimum Gasteiger partial charge on any atom is -0.0651 e. The molecular weight excluding hydrogens is 228 g/mol. The van der Waals surface area contributed by atoms with Crippen molar-refractivity contribution in [3.63, 3.8) is 0 Å². The Hall–Kier alpha value is 0. The van der Waals surface area contributed by atoms with Gasteiger partial charge in [0.1, 0.15) is 0 Å². The van der Waals surface area contributed by atoms with Gasteiger partial charge in [0.25, 0.3) is 0 Å². The number of rotatable bonds is 4. The van der Waals surface area contributed by atoms with Gasteiger partial charge >= 0.3 is 0 Å². The fraction of sp³-hybridized carbons (Fsp3) is 0.895. The Morgan fingerprint density at radius 1 is 0.737 bits per heavy atom. The van der Waals surface area contributed by atoms with Crippen LogP contribution in [-0.4, -0.2) is 0 Å². The van der Waals surface area contributed by atoms with Gasteiger partial charge in [-0.2, -0.15) is 0 Å². The van der Waals surface area contributed by atoms with E-state index >= 15 is 0 Å². The van der Waals surface area contributed by atoms with Crippen LogP contribution in [0.3, 0.4) is 0 Å². The molecule has 0 spiro atoms. The van der Waals surface area contributed by atoms with Crippen LogP contribution in [-0.2, 0) is 0 Å². The summed E-state index contributed by atoms with van der Waals surface area (Å²) in [6.07, 6.45) is 15.4. The molecule has 2 saturated carbocycles. The molecule has 0 aromatic heterocycles. The van der Waals surface area contributed by atoms with E-state index in [1.54, 1.807) is 0 Å². The molecule has 19 heavy (non-hydrogen) atoms. The lowest BCUT2D eigenvalue weighted by Gasteiger charge is -2.38. The SMILES string of the molecule is CCC1[CH]C(C)CC(CC2CC(C)[CH]C(CC)C2)C1. The van der Waals surface area contributed by atoms with Crippen molar-refractivity contribution in [2.75, 3.05) is 0 Å². The van der Waals surface area contributed by atoms with Gasteiger partial charge in [0.05, 0.1) is 0 Å². The second-order valence-electron chi connectivity index (χ2n) is 7.59.